The van der Waals surface area contributed by atoms with Gasteiger partial charge in [0.05, 0.1) is 23.3 Å². The number of thiocarbonyl (C=S) groups is 1. The number of ether oxygens (including phenoxy) is 2. The Hall–Kier alpha value is -1.11. The molecule has 0 aromatic heterocycles. The molecule has 0 heterocycles. The van der Waals surface area contributed by atoms with Crippen LogP contribution < -0.4 is 5.32 Å². The molecule has 1 N–H and O–H groups in total. The van der Waals surface area contributed by atoms with E-state index in [9.17, 15) is 4.79 Å². The molecule has 0 fully saturated rings. The number of anilines is 1. The van der Waals surface area contributed by atoms with Crippen molar-refractivity contribution in [3.63, 3.8) is 0 Å². The van der Waals surface area contributed by atoms with Crippen molar-refractivity contribution in [2.45, 2.75) is 45.6 Å². The minimum Gasteiger partial charge on any atom is -0.468 e. The predicted octanol–water partition coefficient (Wildman–Crippen LogP) is 4.96. The smallest absolute Gasteiger partial charge is 0.339 e. The molecule has 128 valence electrons. The van der Waals surface area contributed by atoms with Gasteiger partial charge in [-0.3, -0.25) is 0 Å². The molecule has 23 heavy (non-hydrogen) atoms. The van der Waals surface area contributed by atoms with Crippen molar-refractivity contribution in [2.24, 2.45) is 0 Å². The van der Waals surface area contributed by atoms with Gasteiger partial charge in [0, 0.05) is 13.8 Å². The van der Waals surface area contributed by atoms with Crippen LogP contribution in [0, 0.1) is 0 Å². The van der Waals surface area contributed by atoms with Gasteiger partial charge in [-0.15, -0.1) is 0 Å². The highest BCUT2D eigenvalue weighted by Gasteiger charge is 2.17. The van der Waals surface area contributed by atoms with Gasteiger partial charge in [-0.1, -0.05) is 31.2 Å². The fraction of sp³-hybridized carbons (Fsp3) is 0.500. The number of hydrogen-bond acceptors (Lipinski definition) is 4. The minimum absolute atomic E-state index is 0.0201. The third-order valence-electron chi connectivity index (χ3n) is 2.86. The second-order valence-electron chi connectivity index (χ2n) is 6.72. The second-order valence-corrected chi connectivity index (χ2v) is 13.1. The van der Waals surface area contributed by atoms with E-state index in [0.29, 0.717) is 22.9 Å². The van der Waals surface area contributed by atoms with E-state index >= 15 is 0 Å². The first-order valence-corrected chi connectivity index (χ1v) is 12.0. The van der Waals surface area contributed by atoms with Gasteiger partial charge < -0.3 is 14.8 Å². The van der Waals surface area contributed by atoms with Crippen molar-refractivity contribution in [2.75, 3.05) is 11.9 Å². The summed E-state index contributed by atoms with van der Waals surface area (Å²) in [6.07, 6.45) is -0.0201. The summed E-state index contributed by atoms with van der Waals surface area (Å²) in [6.45, 7) is 10.9. The molecule has 0 spiro atoms. The quantitative estimate of drug-likeness (QED) is 0.434. The van der Waals surface area contributed by atoms with E-state index in [-0.39, 0.29) is 11.3 Å². The van der Waals surface area contributed by atoms with E-state index < -0.39 is 14.0 Å². The Balaban J connectivity index is 2.73. The van der Waals surface area contributed by atoms with Crippen molar-refractivity contribution >= 4 is 48.7 Å². The van der Waals surface area contributed by atoms with Crippen molar-refractivity contribution in [3.8, 4) is 0 Å². The van der Waals surface area contributed by atoms with Crippen molar-refractivity contribution in [3.05, 3.63) is 28.8 Å². The van der Waals surface area contributed by atoms with Gasteiger partial charge >= 0.3 is 5.97 Å². The largest absolute Gasteiger partial charge is 0.468 e. The Kier molecular flexibility index (Phi) is 7.50. The molecule has 0 unspecified atom stereocenters. The van der Waals surface area contributed by atoms with Crippen molar-refractivity contribution < 1.29 is 14.3 Å². The summed E-state index contributed by atoms with van der Waals surface area (Å²) in [7, 11) is -1.24. The highest BCUT2D eigenvalue weighted by molar-refractivity contribution is 7.80. The molecule has 0 saturated carbocycles. The maximum absolute atomic E-state index is 12.2. The first-order chi connectivity index (χ1) is 10.6. The highest BCUT2D eigenvalue weighted by atomic mass is 35.5. The van der Waals surface area contributed by atoms with E-state index in [4.69, 9.17) is 33.3 Å². The molecule has 0 aliphatic rings. The van der Waals surface area contributed by atoms with Crippen LogP contribution in [0.4, 0.5) is 5.69 Å². The first kappa shape index (κ1) is 19.9. The SMILES string of the molecule is CC(C)OC(=S)Nc1ccc(Cl)c(C(=O)OCC[Si](C)(C)C)c1. The van der Waals surface area contributed by atoms with E-state index in [1.165, 1.54) is 0 Å². The maximum atomic E-state index is 12.2. The van der Waals surface area contributed by atoms with Gasteiger partial charge in [0.1, 0.15) is 0 Å². The number of benzene rings is 1. The Morgan fingerprint density at radius 2 is 2.00 bits per heavy atom. The van der Waals surface area contributed by atoms with Crippen LogP contribution in [0.15, 0.2) is 18.2 Å². The van der Waals surface area contributed by atoms with E-state index in [1.54, 1.807) is 18.2 Å². The number of esters is 1. The summed E-state index contributed by atoms with van der Waals surface area (Å²) >= 11 is 11.2. The van der Waals surface area contributed by atoms with Crippen molar-refractivity contribution in [1.29, 1.82) is 0 Å². The Morgan fingerprint density at radius 3 is 2.57 bits per heavy atom. The molecule has 0 atom stereocenters. The zero-order valence-electron chi connectivity index (χ0n) is 14.2. The minimum atomic E-state index is -1.24. The molecule has 4 nitrogen and oxygen atoms in total. The van der Waals surface area contributed by atoms with Gasteiger partial charge in [0.2, 0.25) is 0 Å². The standard InChI is InChI=1S/C16H24ClNO3SSi/c1-11(2)21-16(22)18-12-6-7-14(17)13(10-12)15(19)20-8-9-23(3,4)5/h6-7,10-11H,8-9H2,1-5H3,(H,18,22). The van der Waals surface area contributed by atoms with Crippen LogP contribution in [-0.2, 0) is 9.47 Å². The number of carbonyl (C=O) groups is 1. The van der Waals surface area contributed by atoms with Gasteiger partial charge in [0.25, 0.3) is 5.17 Å². The fourth-order valence-electron chi connectivity index (χ4n) is 1.65. The lowest BCUT2D eigenvalue weighted by Crippen LogP contribution is -2.23. The summed E-state index contributed by atoms with van der Waals surface area (Å²) in [4.78, 5) is 12.2. The Labute approximate surface area is 149 Å². The topological polar surface area (TPSA) is 47.6 Å². The number of hydrogen-bond donors (Lipinski definition) is 1. The molecule has 0 amide bonds. The summed E-state index contributed by atoms with van der Waals surface area (Å²) in [5, 5.41) is 3.53. The van der Waals surface area contributed by atoms with E-state index in [1.807, 2.05) is 13.8 Å². The molecule has 0 bridgehead atoms. The van der Waals surface area contributed by atoms with Gasteiger partial charge in [-0.05, 0) is 50.3 Å². The average molecular weight is 374 g/mol. The number of rotatable bonds is 6. The third-order valence-corrected chi connectivity index (χ3v) is 5.09. The van der Waals surface area contributed by atoms with Crippen LogP contribution in [0.5, 0.6) is 0 Å². The molecule has 0 aliphatic heterocycles. The Morgan fingerprint density at radius 1 is 1.35 bits per heavy atom. The summed E-state index contributed by atoms with van der Waals surface area (Å²) in [5.41, 5.74) is 0.955. The van der Waals surface area contributed by atoms with Crippen LogP contribution in [0.25, 0.3) is 0 Å². The van der Waals surface area contributed by atoms with Crippen LogP contribution in [0.1, 0.15) is 24.2 Å². The number of halogens is 1. The molecule has 0 saturated heterocycles. The molecule has 0 radical (unpaired) electrons. The van der Waals surface area contributed by atoms with Crippen LogP contribution in [-0.4, -0.2) is 31.9 Å². The first-order valence-electron chi connectivity index (χ1n) is 7.53. The summed E-state index contributed by atoms with van der Waals surface area (Å²) in [5.74, 6) is -0.424. The van der Waals surface area contributed by atoms with Gasteiger partial charge in [-0.25, -0.2) is 4.79 Å². The molecule has 1 rings (SSSR count). The van der Waals surface area contributed by atoms with Crippen LogP contribution >= 0.6 is 23.8 Å². The van der Waals surface area contributed by atoms with Gasteiger partial charge in [0.15, 0.2) is 0 Å². The monoisotopic (exact) mass is 373 g/mol. The lowest BCUT2D eigenvalue weighted by molar-refractivity contribution is 0.0525. The molecule has 1 aromatic carbocycles. The third kappa shape index (κ3) is 7.81. The number of carbonyl (C=O) groups excluding carboxylic acids is 1. The second kappa shape index (κ2) is 8.66. The van der Waals surface area contributed by atoms with Gasteiger partial charge in [-0.2, -0.15) is 0 Å². The molecular formula is C16H24ClNO3SSi. The average Bonchev–Trinajstić information content (AvgIpc) is 2.38. The van der Waals surface area contributed by atoms with E-state index in [2.05, 4.69) is 25.0 Å². The van der Waals surface area contributed by atoms with Crippen LogP contribution in [0.3, 0.4) is 0 Å². The predicted molar refractivity (Wildman–Crippen MR) is 102 cm³/mol. The van der Waals surface area contributed by atoms with Crippen molar-refractivity contribution in [1.82, 2.24) is 0 Å². The molecule has 1 aromatic rings. The summed E-state index contributed by atoms with van der Waals surface area (Å²) < 4.78 is 10.7. The molecule has 7 heteroatoms. The number of nitrogens with one attached hydrogen (secondary N) is 1. The van der Waals surface area contributed by atoms with E-state index in [0.717, 1.165) is 6.04 Å². The van der Waals surface area contributed by atoms with Crippen LogP contribution in [0.2, 0.25) is 30.7 Å². The maximum Gasteiger partial charge on any atom is 0.339 e. The highest BCUT2D eigenvalue weighted by Crippen LogP contribution is 2.22. The lowest BCUT2D eigenvalue weighted by atomic mass is 10.2. The zero-order valence-corrected chi connectivity index (χ0v) is 16.8. The molecule has 0 aliphatic carbocycles. The Bertz CT molecular complexity index is 573. The normalized spacial score (nSPS) is 11.3. The zero-order chi connectivity index (χ0) is 17.6. The summed E-state index contributed by atoms with van der Waals surface area (Å²) in [6, 6.07) is 5.91. The fourth-order valence-corrected chi connectivity index (χ4v) is 2.87. The lowest BCUT2D eigenvalue weighted by Gasteiger charge is -2.16. The molecular weight excluding hydrogens is 350 g/mol.